The normalized spacial score (nSPS) is 11.0. The predicted molar refractivity (Wildman–Crippen MR) is 52.1 cm³/mol. The van der Waals surface area contributed by atoms with Gasteiger partial charge < -0.3 is 0 Å². The molecule has 0 aliphatic rings. The van der Waals surface area contributed by atoms with E-state index in [1.165, 1.54) is 12.3 Å². The van der Waals surface area contributed by atoms with E-state index in [2.05, 4.69) is 42.8 Å². The summed E-state index contributed by atoms with van der Waals surface area (Å²) in [5.41, 5.74) is 0. The first kappa shape index (κ1) is 10.8. The van der Waals surface area contributed by atoms with Crippen LogP contribution < -0.4 is 0 Å². The van der Waals surface area contributed by atoms with Crippen LogP contribution in [0, 0.1) is 11.8 Å². The third-order valence-corrected chi connectivity index (χ3v) is 5.29. The van der Waals surface area contributed by atoms with Crippen LogP contribution in [0.15, 0.2) is 0 Å². The zero-order chi connectivity index (χ0) is 8.15. The van der Waals surface area contributed by atoms with Crippen LogP contribution in [0.4, 0.5) is 0 Å². The van der Waals surface area contributed by atoms with E-state index in [0.717, 1.165) is 11.8 Å². The van der Waals surface area contributed by atoms with Crippen molar-refractivity contribution >= 4 is 21.3 Å². The van der Waals surface area contributed by atoms with Crippen molar-refractivity contribution in [1.29, 1.82) is 0 Å². The number of hydrogen-bond acceptors (Lipinski definition) is 0. The molecule has 60 valence electrons. The first-order valence-electron chi connectivity index (χ1n) is 3.94. The molecule has 0 heterocycles. The molecule has 0 radical (unpaired) electrons. The van der Waals surface area contributed by atoms with Crippen molar-refractivity contribution in [3.63, 3.8) is 0 Å². The molecule has 0 aromatic heterocycles. The Bertz CT molecular complexity index is 95.8. The van der Waals surface area contributed by atoms with Gasteiger partial charge in [0, 0.05) is 0 Å². The Balaban J connectivity index is 3.44. The van der Waals surface area contributed by atoms with Crippen molar-refractivity contribution in [2.24, 2.45) is 11.8 Å². The Kier molecular flexibility index (Phi) is 5.92. The quantitative estimate of drug-likeness (QED) is 0.508. The first-order valence-corrected chi connectivity index (χ1v) is 7.87. The summed E-state index contributed by atoms with van der Waals surface area (Å²) >= 11 is 3.30. The maximum absolute atomic E-state index is 3.30. The van der Waals surface area contributed by atoms with Crippen LogP contribution >= 0.6 is 6.17 Å². The van der Waals surface area contributed by atoms with E-state index in [4.69, 9.17) is 0 Å². The fraction of sp³-hybridized carbons (Fsp3) is 1.00. The van der Waals surface area contributed by atoms with E-state index < -0.39 is 0 Å². The van der Waals surface area contributed by atoms with Crippen LogP contribution in [0.3, 0.4) is 0 Å². The van der Waals surface area contributed by atoms with Gasteiger partial charge in [0.15, 0.2) is 0 Å². The summed E-state index contributed by atoms with van der Waals surface area (Å²) in [5, 5.41) is 0. The molecule has 0 saturated carbocycles. The summed E-state index contributed by atoms with van der Waals surface area (Å²) in [6.45, 7) is 9.19. The topological polar surface area (TPSA) is 0 Å². The van der Waals surface area contributed by atoms with Crippen molar-refractivity contribution in [1.82, 2.24) is 0 Å². The molecule has 2 heteroatoms. The van der Waals surface area contributed by atoms with Crippen LogP contribution in [0.25, 0.3) is 0 Å². The zero-order valence-corrected chi connectivity index (χ0v) is 10.0. The van der Waals surface area contributed by atoms with Crippen LogP contribution in [0.1, 0.15) is 27.7 Å². The second-order valence-corrected chi connectivity index (χ2v) is 8.58. The van der Waals surface area contributed by atoms with Crippen LogP contribution in [0.2, 0.25) is 0 Å². The first-order chi connectivity index (χ1) is 4.52. The van der Waals surface area contributed by atoms with Gasteiger partial charge in [0.05, 0.1) is 0 Å². The van der Waals surface area contributed by atoms with E-state index in [1.54, 1.807) is 0 Å². The predicted octanol–water partition coefficient (Wildman–Crippen LogP) is 2.86. The van der Waals surface area contributed by atoms with Crippen molar-refractivity contribution in [2.75, 3.05) is 12.3 Å². The van der Waals surface area contributed by atoms with Gasteiger partial charge in [-0.05, 0) is 0 Å². The molecule has 0 rings (SSSR count). The van der Waals surface area contributed by atoms with Crippen LogP contribution in [-0.4, -0.2) is 27.4 Å². The molecular formula is C8H18PSe+. The summed E-state index contributed by atoms with van der Waals surface area (Å²) in [6, 6.07) is 0. The molecule has 0 aliphatic heterocycles. The van der Waals surface area contributed by atoms with E-state index in [0.29, 0.717) is 0 Å². The molecule has 0 spiro atoms. The molecule has 0 unspecified atom stereocenters. The van der Waals surface area contributed by atoms with E-state index in [9.17, 15) is 0 Å². The standard InChI is InChI=1S/C8H18PSe/c1-7(2)5-9(10)6-8(3)4/h7-8H,5-6H2,1-4H3/q+1. The average Bonchev–Trinajstić information content (AvgIpc) is 1.58. The Morgan fingerprint density at radius 2 is 1.30 bits per heavy atom. The molecule has 0 aliphatic carbocycles. The summed E-state index contributed by atoms with van der Waals surface area (Å²) in [6.07, 6.45) is 3.01. The Morgan fingerprint density at radius 1 is 1.00 bits per heavy atom. The van der Waals surface area contributed by atoms with Crippen molar-refractivity contribution in [3.05, 3.63) is 0 Å². The van der Waals surface area contributed by atoms with Gasteiger partial charge in [-0.2, -0.15) is 0 Å². The molecule has 0 N–H and O–H groups in total. The Morgan fingerprint density at radius 3 is 1.50 bits per heavy atom. The minimum atomic E-state index is 0.216. The number of hydrogen-bond donors (Lipinski definition) is 0. The van der Waals surface area contributed by atoms with Gasteiger partial charge in [-0.25, -0.2) is 0 Å². The van der Waals surface area contributed by atoms with Crippen LogP contribution in [-0.2, 0) is 0 Å². The molecule has 0 fully saturated rings. The zero-order valence-electron chi connectivity index (χ0n) is 7.42. The second-order valence-electron chi connectivity index (χ2n) is 3.63. The fourth-order valence-corrected chi connectivity index (χ4v) is 6.42. The molecule has 0 aromatic rings. The third-order valence-electron chi connectivity index (χ3n) is 1.14. The maximum atomic E-state index is 3.30. The molecule has 0 saturated heterocycles. The van der Waals surface area contributed by atoms with Crippen LogP contribution in [0.5, 0.6) is 0 Å². The van der Waals surface area contributed by atoms with Gasteiger partial charge >= 0.3 is 73.1 Å². The van der Waals surface area contributed by atoms with Gasteiger partial charge in [-0.1, -0.05) is 0 Å². The number of rotatable bonds is 4. The summed E-state index contributed by atoms with van der Waals surface area (Å²) in [5.74, 6) is 1.73. The SMILES string of the molecule is CC(C)C[P+](=[Se])CC(C)C. The van der Waals surface area contributed by atoms with Gasteiger partial charge in [-0.3, -0.25) is 0 Å². The van der Waals surface area contributed by atoms with Crippen molar-refractivity contribution in [3.8, 4) is 0 Å². The monoisotopic (exact) mass is 225 g/mol. The minimum absolute atomic E-state index is 0.216. The fourth-order valence-electron chi connectivity index (χ4n) is 0.889. The molecule has 0 amide bonds. The van der Waals surface area contributed by atoms with E-state index in [-0.39, 0.29) is 6.17 Å². The summed E-state index contributed by atoms with van der Waals surface area (Å²) < 4.78 is 0. The van der Waals surface area contributed by atoms with Gasteiger partial charge in [0.25, 0.3) is 0 Å². The van der Waals surface area contributed by atoms with Crippen molar-refractivity contribution < 1.29 is 0 Å². The average molecular weight is 224 g/mol. The molecule has 0 nitrogen and oxygen atoms in total. The van der Waals surface area contributed by atoms with Gasteiger partial charge in [-0.15, -0.1) is 0 Å². The molecule has 0 bridgehead atoms. The molecular weight excluding hydrogens is 206 g/mol. The Labute approximate surface area is 73.4 Å². The third kappa shape index (κ3) is 6.93. The van der Waals surface area contributed by atoms with E-state index >= 15 is 0 Å². The molecule has 10 heavy (non-hydrogen) atoms. The van der Waals surface area contributed by atoms with Gasteiger partial charge in [0.2, 0.25) is 0 Å². The second kappa shape index (κ2) is 5.47. The Hall–Kier alpha value is 0.819. The van der Waals surface area contributed by atoms with Crippen molar-refractivity contribution in [2.45, 2.75) is 27.7 Å². The summed E-state index contributed by atoms with van der Waals surface area (Å²) in [4.78, 5) is 0. The summed E-state index contributed by atoms with van der Waals surface area (Å²) in [7, 11) is 0. The molecule has 0 atom stereocenters. The molecule has 0 aromatic carbocycles. The van der Waals surface area contributed by atoms with E-state index in [1.807, 2.05) is 0 Å². The van der Waals surface area contributed by atoms with Gasteiger partial charge in [0.1, 0.15) is 0 Å².